The SMILES string of the molecule is CC(C)CC(NC(=O)C(Cc1ccccc1)NC(=O)CNC(=O)C(N)CC(N)=O)C(=O)O. The van der Waals surface area contributed by atoms with E-state index in [1.807, 2.05) is 13.8 Å². The van der Waals surface area contributed by atoms with Gasteiger partial charge in [-0.25, -0.2) is 4.79 Å². The minimum Gasteiger partial charge on any atom is -0.480 e. The molecular formula is C21H31N5O6. The maximum Gasteiger partial charge on any atom is 0.326 e. The van der Waals surface area contributed by atoms with Crippen molar-refractivity contribution in [3.05, 3.63) is 35.9 Å². The molecule has 0 bridgehead atoms. The zero-order chi connectivity index (χ0) is 24.3. The Labute approximate surface area is 186 Å². The highest BCUT2D eigenvalue weighted by molar-refractivity contribution is 5.93. The van der Waals surface area contributed by atoms with Gasteiger partial charge in [0.1, 0.15) is 12.1 Å². The van der Waals surface area contributed by atoms with Gasteiger partial charge in [-0.1, -0.05) is 44.2 Å². The molecule has 176 valence electrons. The van der Waals surface area contributed by atoms with Crippen molar-refractivity contribution >= 4 is 29.6 Å². The molecule has 4 amide bonds. The van der Waals surface area contributed by atoms with Gasteiger partial charge in [-0.05, 0) is 17.9 Å². The van der Waals surface area contributed by atoms with E-state index < -0.39 is 54.3 Å². The Morgan fingerprint density at radius 2 is 1.59 bits per heavy atom. The lowest BCUT2D eigenvalue weighted by molar-refractivity contribution is -0.142. The normalized spacial score (nSPS) is 13.5. The Kier molecular flexibility index (Phi) is 10.8. The highest BCUT2D eigenvalue weighted by atomic mass is 16.4. The van der Waals surface area contributed by atoms with E-state index in [0.717, 1.165) is 5.56 Å². The van der Waals surface area contributed by atoms with E-state index in [4.69, 9.17) is 11.5 Å². The minimum absolute atomic E-state index is 0.0263. The van der Waals surface area contributed by atoms with Crippen LogP contribution in [0.15, 0.2) is 30.3 Å². The molecule has 11 nitrogen and oxygen atoms in total. The van der Waals surface area contributed by atoms with Gasteiger partial charge in [-0.15, -0.1) is 0 Å². The number of carboxylic acid groups (broad SMARTS) is 1. The molecule has 0 saturated heterocycles. The number of aliphatic carboxylic acids is 1. The molecule has 3 atom stereocenters. The number of nitrogens with two attached hydrogens (primary N) is 2. The molecule has 3 unspecified atom stereocenters. The molecule has 8 N–H and O–H groups in total. The van der Waals surface area contributed by atoms with Crippen molar-refractivity contribution in [3.8, 4) is 0 Å². The van der Waals surface area contributed by atoms with Crippen LogP contribution in [-0.4, -0.2) is 59.4 Å². The Morgan fingerprint density at radius 1 is 0.969 bits per heavy atom. The van der Waals surface area contributed by atoms with E-state index in [9.17, 15) is 29.1 Å². The van der Waals surface area contributed by atoms with Crippen LogP contribution >= 0.6 is 0 Å². The maximum absolute atomic E-state index is 12.8. The van der Waals surface area contributed by atoms with Crippen molar-refractivity contribution in [2.45, 2.75) is 51.2 Å². The number of amides is 4. The summed E-state index contributed by atoms with van der Waals surface area (Å²) in [6, 6.07) is 5.48. The van der Waals surface area contributed by atoms with E-state index in [0.29, 0.717) is 0 Å². The molecule has 32 heavy (non-hydrogen) atoms. The molecule has 11 heteroatoms. The third-order valence-electron chi connectivity index (χ3n) is 4.44. The van der Waals surface area contributed by atoms with Crippen LogP contribution in [0.2, 0.25) is 0 Å². The van der Waals surface area contributed by atoms with Crippen molar-refractivity contribution < 1.29 is 29.1 Å². The third-order valence-corrected chi connectivity index (χ3v) is 4.44. The minimum atomic E-state index is -1.20. The van der Waals surface area contributed by atoms with Crippen LogP contribution in [0.4, 0.5) is 0 Å². The van der Waals surface area contributed by atoms with Crippen molar-refractivity contribution in [1.29, 1.82) is 0 Å². The fourth-order valence-electron chi connectivity index (χ4n) is 2.88. The standard InChI is InChI=1S/C21H31N5O6/c1-12(2)8-16(21(31)32)26-20(30)15(9-13-6-4-3-5-7-13)25-18(28)11-24-19(29)14(22)10-17(23)27/h3-7,12,14-16H,8-11,22H2,1-2H3,(H2,23,27)(H,24,29)(H,25,28)(H,26,30)(H,31,32). The lowest BCUT2D eigenvalue weighted by Gasteiger charge is -2.22. The van der Waals surface area contributed by atoms with Gasteiger partial charge >= 0.3 is 5.97 Å². The lowest BCUT2D eigenvalue weighted by atomic mass is 10.0. The number of hydrogen-bond acceptors (Lipinski definition) is 6. The second-order valence-corrected chi connectivity index (χ2v) is 7.83. The molecule has 0 radical (unpaired) electrons. The fraction of sp³-hybridized carbons (Fsp3) is 0.476. The summed E-state index contributed by atoms with van der Waals surface area (Å²) in [4.78, 5) is 59.3. The Hall–Kier alpha value is -3.47. The quantitative estimate of drug-likeness (QED) is 0.214. The molecule has 0 aliphatic rings. The van der Waals surface area contributed by atoms with Crippen LogP contribution in [-0.2, 0) is 30.4 Å². The second-order valence-electron chi connectivity index (χ2n) is 7.83. The number of carbonyl (C=O) groups excluding carboxylic acids is 4. The number of rotatable bonds is 13. The van der Waals surface area contributed by atoms with E-state index >= 15 is 0 Å². The van der Waals surface area contributed by atoms with Crippen molar-refractivity contribution in [2.24, 2.45) is 17.4 Å². The highest BCUT2D eigenvalue weighted by Crippen LogP contribution is 2.08. The summed E-state index contributed by atoms with van der Waals surface area (Å²) in [6.45, 7) is 3.17. The summed E-state index contributed by atoms with van der Waals surface area (Å²) in [7, 11) is 0. The zero-order valence-electron chi connectivity index (χ0n) is 18.2. The Bertz CT molecular complexity index is 814. The van der Waals surface area contributed by atoms with Gasteiger partial charge < -0.3 is 32.5 Å². The van der Waals surface area contributed by atoms with Gasteiger partial charge in [-0.2, -0.15) is 0 Å². The van der Waals surface area contributed by atoms with Crippen LogP contribution in [0, 0.1) is 5.92 Å². The highest BCUT2D eigenvalue weighted by Gasteiger charge is 2.27. The molecule has 0 aromatic heterocycles. The van der Waals surface area contributed by atoms with E-state index in [1.54, 1.807) is 30.3 Å². The van der Waals surface area contributed by atoms with Crippen LogP contribution in [0.3, 0.4) is 0 Å². The van der Waals surface area contributed by atoms with Crippen molar-refractivity contribution in [1.82, 2.24) is 16.0 Å². The predicted octanol–water partition coefficient (Wildman–Crippen LogP) is -1.35. The number of carbonyl (C=O) groups is 5. The number of primary amides is 1. The van der Waals surface area contributed by atoms with Gasteiger partial charge in [0.15, 0.2) is 0 Å². The average molecular weight is 450 g/mol. The monoisotopic (exact) mass is 449 g/mol. The molecule has 0 fully saturated rings. The molecule has 1 rings (SSSR count). The maximum atomic E-state index is 12.8. The number of nitrogens with one attached hydrogen (secondary N) is 3. The first-order valence-corrected chi connectivity index (χ1v) is 10.2. The topological polar surface area (TPSA) is 194 Å². The smallest absolute Gasteiger partial charge is 0.326 e. The Morgan fingerprint density at radius 3 is 2.12 bits per heavy atom. The first-order valence-electron chi connectivity index (χ1n) is 10.2. The third kappa shape index (κ3) is 10.0. The first kappa shape index (κ1) is 26.6. The molecule has 0 aliphatic carbocycles. The fourth-order valence-corrected chi connectivity index (χ4v) is 2.88. The second kappa shape index (κ2) is 13.1. The van der Waals surface area contributed by atoms with Gasteiger partial charge in [0.25, 0.3) is 0 Å². The summed E-state index contributed by atoms with van der Waals surface area (Å²) >= 11 is 0. The summed E-state index contributed by atoms with van der Waals surface area (Å²) < 4.78 is 0. The van der Waals surface area contributed by atoms with Crippen molar-refractivity contribution in [3.63, 3.8) is 0 Å². The summed E-state index contributed by atoms with van der Waals surface area (Å²) in [5, 5.41) is 16.6. The van der Waals surface area contributed by atoms with E-state index in [-0.39, 0.29) is 25.2 Å². The predicted molar refractivity (Wildman–Crippen MR) is 116 cm³/mol. The number of carboxylic acids is 1. The number of benzene rings is 1. The lowest BCUT2D eigenvalue weighted by Crippen LogP contribution is -2.54. The Balaban J connectivity index is 2.83. The zero-order valence-corrected chi connectivity index (χ0v) is 18.2. The van der Waals surface area contributed by atoms with E-state index in [2.05, 4.69) is 16.0 Å². The summed E-state index contributed by atoms with van der Waals surface area (Å²) in [5.41, 5.74) is 11.2. The summed E-state index contributed by atoms with van der Waals surface area (Å²) in [6.07, 6.45) is -0.0403. The van der Waals surface area contributed by atoms with Gasteiger partial charge in [0, 0.05) is 6.42 Å². The van der Waals surface area contributed by atoms with Crippen molar-refractivity contribution in [2.75, 3.05) is 6.54 Å². The van der Waals surface area contributed by atoms with Crippen LogP contribution in [0.1, 0.15) is 32.3 Å². The molecule has 1 aromatic carbocycles. The first-order chi connectivity index (χ1) is 15.0. The molecule has 0 aliphatic heterocycles. The molecule has 1 aromatic rings. The number of hydrogen-bond donors (Lipinski definition) is 6. The molecule has 0 saturated carbocycles. The largest absolute Gasteiger partial charge is 0.480 e. The summed E-state index contributed by atoms with van der Waals surface area (Å²) in [5.74, 6) is -3.99. The van der Waals surface area contributed by atoms with Crippen LogP contribution < -0.4 is 27.4 Å². The van der Waals surface area contributed by atoms with E-state index in [1.165, 1.54) is 0 Å². The molecule has 0 heterocycles. The molecule has 0 spiro atoms. The average Bonchev–Trinajstić information content (AvgIpc) is 2.70. The van der Waals surface area contributed by atoms with Gasteiger partial charge in [0.2, 0.25) is 23.6 Å². The van der Waals surface area contributed by atoms with Gasteiger partial charge in [0.05, 0.1) is 19.0 Å². The van der Waals surface area contributed by atoms with Crippen LogP contribution in [0.5, 0.6) is 0 Å². The van der Waals surface area contributed by atoms with Gasteiger partial charge in [-0.3, -0.25) is 19.2 Å². The van der Waals surface area contributed by atoms with Crippen LogP contribution in [0.25, 0.3) is 0 Å². The molecular weight excluding hydrogens is 418 g/mol.